The number of nitrogens with one attached hydrogen (secondary N) is 1. The van der Waals surface area contributed by atoms with Crippen LogP contribution in [0.5, 0.6) is 0 Å². The highest BCUT2D eigenvalue weighted by molar-refractivity contribution is 5.89. The molecule has 0 unspecified atom stereocenters. The number of amides is 1. The number of carbonyl (C=O) groups excluding carboxylic acids is 1. The van der Waals surface area contributed by atoms with Crippen molar-refractivity contribution < 1.29 is 19.4 Å². The van der Waals surface area contributed by atoms with E-state index < -0.39 is 11.9 Å². The van der Waals surface area contributed by atoms with E-state index in [1.54, 1.807) is 0 Å². The first-order valence-corrected chi connectivity index (χ1v) is 6.30. The number of hydrogen-bond donors (Lipinski definition) is 2. The van der Waals surface area contributed by atoms with Gasteiger partial charge in [0.25, 0.3) is 0 Å². The second-order valence-electron chi connectivity index (χ2n) is 4.62. The minimum atomic E-state index is -0.888. The molecule has 0 radical (unpaired) electrons. The van der Waals surface area contributed by atoms with Crippen LogP contribution in [0, 0.1) is 11.8 Å². The van der Waals surface area contributed by atoms with Crippen molar-refractivity contribution in [1.82, 2.24) is 5.32 Å². The fourth-order valence-electron chi connectivity index (χ4n) is 1.90. The highest BCUT2D eigenvalue weighted by Crippen LogP contribution is 2.38. The molecule has 1 aromatic rings. The standard InChI is InChI=1S/C14H17NO4/c16-13(11-8-12(11)14(17)18)15-6-7-19-9-10-4-2-1-3-5-10/h1-5,11-12H,6-9H2,(H,15,16)(H,17,18)/t11-,12-/m0/s1. The zero-order chi connectivity index (χ0) is 13.7. The summed E-state index contributed by atoms with van der Waals surface area (Å²) in [6.07, 6.45) is 0.450. The predicted octanol–water partition coefficient (Wildman–Crippen LogP) is 1.04. The van der Waals surface area contributed by atoms with Gasteiger partial charge >= 0.3 is 5.97 Å². The molecular formula is C14H17NO4. The van der Waals surface area contributed by atoms with Gasteiger partial charge in [0.05, 0.1) is 25.0 Å². The Kier molecular flexibility index (Phi) is 4.52. The van der Waals surface area contributed by atoms with E-state index >= 15 is 0 Å². The molecule has 1 amide bonds. The topological polar surface area (TPSA) is 75.6 Å². The quantitative estimate of drug-likeness (QED) is 0.721. The Bertz CT molecular complexity index is 446. The minimum absolute atomic E-state index is 0.185. The summed E-state index contributed by atoms with van der Waals surface area (Å²) in [5.41, 5.74) is 1.09. The Morgan fingerprint density at radius 2 is 2.00 bits per heavy atom. The predicted molar refractivity (Wildman–Crippen MR) is 68.3 cm³/mol. The molecule has 1 aromatic carbocycles. The first kappa shape index (κ1) is 13.5. The van der Waals surface area contributed by atoms with E-state index in [1.807, 2.05) is 30.3 Å². The van der Waals surface area contributed by atoms with Crippen molar-refractivity contribution in [2.24, 2.45) is 11.8 Å². The van der Waals surface area contributed by atoms with E-state index in [9.17, 15) is 9.59 Å². The lowest BCUT2D eigenvalue weighted by Crippen LogP contribution is -2.29. The molecule has 1 saturated carbocycles. The molecule has 5 heteroatoms. The molecule has 2 N–H and O–H groups in total. The van der Waals surface area contributed by atoms with Crippen molar-refractivity contribution >= 4 is 11.9 Å². The van der Waals surface area contributed by atoms with E-state index in [0.29, 0.717) is 26.2 Å². The lowest BCUT2D eigenvalue weighted by Gasteiger charge is -2.06. The lowest BCUT2D eigenvalue weighted by molar-refractivity contribution is -0.140. The van der Waals surface area contributed by atoms with Gasteiger partial charge in [-0.2, -0.15) is 0 Å². The number of hydrogen-bond acceptors (Lipinski definition) is 3. The molecule has 0 aromatic heterocycles. The Labute approximate surface area is 111 Å². The van der Waals surface area contributed by atoms with E-state index in [1.165, 1.54) is 0 Å². The number of aliphatic carboxylic acids is 1. The third kappa shape index (κ3) is 4.06. The SMILES string of the molecule is O=C(O)[C@H]1C[C@@H]1C(=O)NCCOCc1ccccc1. The highest BCUT2D eigenvalue weighted by Gasteiger charge is 2.48. The summed E-state index contributed by atoms with van der Waals surface area (Å²) in [6, 6.07) is 9.78. The number of carboxylic acids is 1. The van der Waals surface area contributed by atoms with Crippen LogP contribution in [-0.2, 0) is 20.9 Å². The van der Waals surface area contributed by atoms with E-state index in [-0.39, 0.29) is 11.8 Å². The zero-order valence-corrected chi connectivity index (χ0v) is 10.5. The van der Waals surface area contributed by atoms with Crippen LogP contribution in [0.15, 0.2) is 30.3 Å². The molecular weight excluding hydrogens is 246 g/mol. The van der Waals surface area contributed by atoms with Gasteiger partial charge < -0.3 is 15.2 Å². The molecule has 0 bridgehead atoms. The fourth-order valence-corrected chi connectivity index (χ4v) is 1.90. The second kappa shape index (κ2) is 6.33. The fraction of sp³-hybridized carbons (Fsp3) is 0.429. The molecule has 1 aliphatic carbocycles. The molecule has 1 aliphatic rings. The summed E-state index contributed by atoms with van der Waals surface area (Å²) in [7, 11) is 0. The first-order chi connectivity index (χ1) is 9.18. The van der Waals surface area contributed by atoms with Crippen LogP contribution >= 0.6 is 0 Å². The second-order valence-corrected chi connectivity index (χ2v) is 4.62. The molecule has 0 aliphatic heterocycles. The Morgan fingerprint density at radius 1 is 1.26 bits per heavy atom. The lowest BCUT2D eigenvalue weighted by atomic mass is 10.2. The number of carboxylic acid groups (broad SMARTS) is 1. The van der Waals surface area contributed by atoms with Gasteiger partial charge in [-0.3, -0.25) is 9.59 Å². The third-order valence-electron chi connectivity index (χ3n) is 3.10. The highest BCUT2D eigenvalue weighted by atomic mass is 16.5. The summed E-state index contributed by atoms with van der Waals surface area (Å²) in [6.45, 7) is 1.34. The van der Waals surface area contributed by atoms with Crippen LogP contribution in [-0.4, -0.2) is 30.1 Å². The smallest absolute Gasteiger partial charge is 0.307 e. The van der Waals surface area contributed by atoms with Gasteiger partial charge in [0.15, 0.2) is 0 Å². The first-order valence-electron chi connectivity index (χ1n) is 6.30. The Hall–Kier alpha value is -1.88. The van der Waals surface area contributed by atoms with Gasteiger partial charge in [-0.05, 0) is 12.0 Å². The molecule has 0 saturated heterocycles. The largest absolute Gasteiger partial charge is 0.481 e. The van der Waals surface area contributed by atoms with Crippen molar-refractivity contribution in [3.63, 3.8) is 0 Å². The monoisotopic (exact) mass is 263 g/mol. The van der Waals surface area contributed by atoms with Crippen LogP contribution in [0.4, 0.5) is 0 Å². The molecule has 2 rings (SSSR count). The van der Waals surface area contributed by atoms with Crippen molar-refractivity contribution in [2.45, 2.75) is 13.0 Å². The van der Waals surface area contributed by atoms with Crippen LogP contribution < -0.4 is 5.32 Å². The molecule has 5 nitrogen and oxygen atoms in total. The van der Waals surface area contributed by atoms with Gasteiger partial charge in [-0.15, -0.1) is 0 Å². The molecule has 0 heterocycles. The van der Waals surface area contributed by atoms with E-state index in [2.05, 4.69) is 5.32 Å². The van der Waals surface area contributed by atoms with Crippen LogP contribution in [0.1, 0.15) is 12.0 Å². The van der Waals surface area contributed by atoms with Crippen molar-refractivity contribution in [3.8, 4) is 0 Å². The number of benzene rings is 1. The van der Waals surface area contributed by atoms with Crippen LogP contribution in [0.3, 0.4) is 0 Å². The van der Waals surface area contributed by atoms with E-state index in [0.717, 1.165) is 5.56 Å². The van der Waals surface area contributed by atoms with E-state index in [4.69, 9.17) is 9.84 Å². The molecule has 0 spiro atoms. The van der Waals surface area contributed by atoms with Gasteiger partial charge in [-0.25, -0.2) is 0 Å². The number of carbonyl (C=O) groups is 2. The maximum absolute atomic E-state index is 11.5. The van der Waals surface area contributed by atoms with Crippen molar-refractivity contribution in [1.29, 1.82) is 0 Å². The van der Waals surface area contributed by atoms with Gasteiger partial charge in [0.2, 0.25) is 5.91 Å². The van der Waals surface area contributed by atoms with Gasteiger partial charge in [0.1, 0.15) is 0 Å². The molecule has 2 atom stereocenters. The molecule has 1 fully saturated rings. The van der Waals surface area contributed by atoms with Crippen LogP contribution in [0.25, 0.3) is 0 Å². The Morgan fingerprint density at radius 3 is 2.63 bits per heavy atom. The minimum Gasteiger partial charge on any atom is -0.481 e. The number of ether oxygens (including phenoxy) is 1. The maximum Gasteiger partial charge on any atom is 0.307 e. The Balaban J connectivity index is 1.55. The third-order valence-corrected chi connectivity index (χ3v) is 3.10. The summed E-state index contributed by atoms with van der Waals surface area (Å²) in [5.74, 6) is -1.92. The number of rotatable bonds is 7. The summed E-state index contributed by atoms with van der Waals surface area (Å²) < 4.78 is 5.41. The maximum atomic E-state index is 11.5. The summed E-state index contributed by atoms with van der Waals surface area (Å²) >= 11 is 0. The zero-order valence-electron chi connectivity index (χ0n) is 10.5. The summed E-state index contributed by atoms with van der Waals surface area (Å²) in [5, 5.41) is 11.4. The molecule has 19 heavy (non-hydrogen) atoms. The van der Waals surface area contributed by atoms with Crippen LogP contribution in [0.2, 0.25) is 0 Å². The van der Waals surface area contributed by atoms with Gasteiger partial charge in [-0.1, -0.05) is 30.3 Å². The van der Waals surface area contributed by atoms with Crippen molar-refractivity contribution in [2.75, 3.05) is 13.2 Å². The molecule has 102 valence electrons. The van der Waals surface area contributed by atoms with Crippen molar-refractivity contribution in [3.05, 3.63) is 35.9 Å². The average molecular weight is 263 g/mol. The average Bonchev–Trinajstić information content (AvgIpc) is 3.20. The van der Waals surface area contributed by atoms with Gasteiger partial charge in [0, 0.05) is 6.54 Å². The normalized spacial score (nSPS) is 20.8. The summed E-state index contributed by atoms with van der Waals surface area (Å²) in [4.78, 5) is 22.1.